The Kier molecular flexibility index (Phi) is 4.92. The van der Waals surface area contributed by atoms with Crippen LogP contribution in [0.1, 0.15) is 17.4 Å². The molecule has 1 aromatic carbocycles. The van der Waals surface area contributed by atoms with Crippen LogP contribution in [0, 0.1) is 0 Å². The Morgan fingerprint density at radius 2 is 1.68 bits per heavy atom. The average molecular weight is 339 g/mol. The van der Waals surface area contributed by atoms with E-state index in [9.17, 15) is 9.59 Å². The molecule has 1 fully saturated rings. The van der Waals surface area contributed by atoms with E-state index in [1.54, 1.807) is 25.1 Å². The minimum absolute atomic E-state index is 0.0932. The summed E-state index contributed by atoms with van der Waals surface area (Å²) in [7, 11) is 1.72. The highest BCUT2D eigenvalue weighted by Gasteiger charge is 2.21. The van der Waals surface area contributed by atoms with Gasteiger partial charge in [0.2, 0.25) is 5.91 Å². The molecule has 7 nitrogen and oxygen atoms in total. The fourth-order valence-electron chi connectivity index (χ4n) is 2.79. The van der Waals surface area contributed by atoms with Crippen LogP contribution in [0.15, 0.2) is 42.7 Å². The molecule has 1 aliphatic heterocycles. The van der Waals surface area contributed by atoms with Gasteiger partial charge in [-0.15, -0.1) is 0 Å². The number of anilines is 2. The number of amides is 2. The van der Waals surface area contributed by atoms with Gasteiger partial charge < -0.3 is 14.7 Å². The zero-order chi connectivity index (χ0) is 17.8. The number of nitrogens with zero attached hydrogens (tertiary/aromatic N) is 5. The molecule has 1 aromatic heterocycles. The van der Waals surface area contributed by atoms with Crippen LogP contribution >= 0.6 is 0 Å². The first-order chi connectivity index (χ1) is 12.1. The maximum Gasteiger partial charge on any atom is 0.278 e. The Hall–Kier alpha value is -2.96. The molecule has 2 heterocycles. The lowest BCUT2D eigenvalue weighted by Gasteiger charge is -2.34. The lowest BCUT2D eigenvalue weighted by molar-refractivity contribution is -0.129. The summed E-state index contributed by atoms with van der Waals surface area (Å²) < 4.78 is 0. The Bertz CT molecular complexity index is 740. The molecular weight excluding hydrogens is 318 g/mol. The normalized spacial score (nSPS) is 14.3. The number of benzene rings is 1. The standard InChI is InChI=1S/C18H21N5O2/c1-14(24)22-8-10-23(11-9-22)17-13-19-16(12-20-17)18(25)21(2)15-6-4-3-5-7-15/h3-7,12-13H,8-11H2,1-2H3. The second-order valence-corrected chi connectivity index (χ2v) is 5.95. The van der Waals surface area contributed by atoms with E-state index in [0.29, 0.717) is 31.9 Å². The van der Waals surface area contributed by atoms with Crippen molar-refractivity contribution in [3.8, 4) is 0 Å². The van der Waals surface area contributed by atoms with Crippen molar-refractivity contribution in [2.75, 3.05) is 43.0 Å². The van der Waals surface area contributed by atoms with Crippen molar-refractivity contribution in [1.82, 2.24) is 14.9 Å². The first kappa shape index (κ1) is 16.9. The number of hydrogen-bond acceptors (Lipinski definition) is 5. The third-order valence-electron chi connectivity index (χ3n) is 4.35. The van der Waals surface area contributed by atoms with Gasteiger partial charge in [0.25, 0.3) is 5.91 Å². The Balaban J connectivity index is 1.66. The predicted molar refractivity (Wildman–Crippen MR) is 95.7 cm³/mol. The lowest BCUT2D eigenvalue weighted by atomic mass is 10.3. The molecule has 0 radical (unpaired) electrons. The summed E-state index contributed by atoms with van der Waals surface area (Å²) >= 11 is 0. The topological polar surface area (TPSA) is 69.6 Å². The van der Waals surface area contributed by atoms with Crippen molar-refractivity contribution < 1.29 is 9.59 Å². The molecular formula is C18H21N5O2. The highest BCUT2D eigenvalue weighted by molar-refractivity contribution is 6.04. The van der Waals surface area contributed by atoms with Crippen molar-refractivity contribution in [1.29, 1.82) is 0 Å². The summed E-state index contributed by atoms with van der Waals surface area (Å²) in [5.41, 5.74) is 1.11. The smallest absolute Gasteiger partial charge is 0.278 e. The minimum Gasteiger partial charge on any atom is -0.352 e. The molecule has 2 aromatic rings. The molecule has 7 heteroatoms. The molecule has 0 unspecified atom stereocenters. The molecule has 1 saturated heterocycles. The van der Waals surface area contributed by atoms with Crippen molar-refractivity contribution >= 4 is 23.3 Å². The number of para-hydroxylation sites is 1. The van der Waals surface area contributed by atoms with E-state index in [2.05, 4.69) is 14.9 Å². The number of carbonyl (C=O) groups is 2. The van der Waals surface area contributed by atoms with Gasteiger partial charge in [0, 0.05) is 45.8 Å². The van der Waals surface area contributed by atoms with Crippen LogP contribution in [0.5, 0.6) is 0 Å². The van der Waals surface area contributed by atoms with E-state index in [1.807, 2.05) is 35.2 Å². The van der Waals surface area contributed by atoms with Gasteiger partial charge in [0.05, 0.1) is 12.4 Å². The van der Waals surface area contributed by atoms with Crippen LogP contribution < -0.4 is 9.80 Å². The monoisotopic (exact) mass is 339 g/mol. The van der Waals surface area contributed by atoms with Gasteiger partial charge in [-0.25, -0.2) is 9.97 Å². The molecule has 2 amide bonds. The van der Waals surface area contributed by atoms with Crippen molar-refractivity contribution in [3.05, 3.63) is 48.4 Å². The molecule has 130 valence electrons. The van der Waals surface area contributed by atoms with E-state index in [0.717, 1.165) is 11.5 Å². The molecule has 0 saturated carbocycles. The van der Waals surface area contributed by atoms with Gasteiger partial charge >= 0.3 is 0 Å². The highest BCUT2D eigenvalue weighted by Crippen LogP contribution is 2.16. The van der Waals surface area contributed by atoms with Crippen LogP contribution in [0.4, 0.5) is 11.5 Å². The van der Waals surface area contributed by atoms with Gasteiger partial charge in [-0.05, 0) is 12.1 Å². The molecule has 3 rings (SSSR count). The number of rotatable bonds is 3. The van der Waals surface area contributed by atoms with Crippen molar-refractivity contribution in [2.45, 2.75) is 6.92 Å². The quantitative estimate of drug-likeness (QED) is 0.846. The van der Waals surface area contributed by atoms with E-state index in [-0.39, 0.29) is 11.8 Å². The van der Waals surface area contributed by atoms with E-state index in [4.69, 9.17) is 0 Å². The van der Waals surface area contributed by atoms with E-state index in [1.165, 1.54) is 6.20 Å². The lowest BCUT2D eigenvalue weighted by Crippen LogP contribution is -2.48. The third kappa shape index (κ3) is 3.76. The zero-order valence-electron chi connectivity index (χ0n) is 14.4. The largest absolute Gasteiger partial charge is 0.352 e. The predicted octanol–water partition coefficient (Wildman–Crippen LogP) is 1.42. The second kappa shape index (κ2) is 7.29. The first-order valence-electron chi connectivity index (χ1n) is 8.22. The minimum atomic E-state index is -0.202. The van der Waals surface area contributed by atoms with Gasteiger partial charge in [-0.3, -0.25) is 9.59 Å². The Morgan fingerprint density at radius 1 is 1.00 bits per heavy atom. The average Bonchev–Trinajstić information content (AvgIpc) is 2.67. The Labute approximate surface area is 146 Å². The SMILES string of the molecule is CC(=O)N1CCN(c2cnc(C(=O)N(C)c3ccccc3)cn2)CC1. The molecule has 0 bridgehead atoms. The maximum atomic E-state index is 12.5. The summed E-state index contributed by atoms with van der Waals surface area (Å²) in [4.78, 5) is 38.0. The van der Waals surface area contributed by atoms with Gasteiger partial charge in [0.1, 0.15) is 11.5 Å². The van der Waals surface area contributed by atoms with Crippen LogP contribution in [0.3, 0.4) is 0 Å². The summed E-state index contributed by atoms with van der Waals surface area (Å²) in [6.07, 6.45) is 3.13. The summed E-state index contributed by atoms with van der Waals surface area (Å²) in [6, 6.07) is 9.41. The molecule has 0 spiro atoms. The fraction of sp³-hybridized carbons (Fsp3) is 0.333. The molecule has 25 heavy (non-hydrogen) atoms. The highest BCUT2D eigenvalue weighted by atomic mass is 16.2. The van der Waals surface area contributed by atoms with Crippen LogP contribution in [0.2, 0.25) is 0 Å². The summed E-state index contributed by atoms with van der Waals surface area (Å²) in [6.45, 7) is 4.36. The van der Waals surface area contributed by atoms with Crippen molar-refractivity contribution in [2.24, 2.45) is 0 Å². The van der Waals surface area contributed by atoms with Gasteiger partial charge in [-0.2, -0.15) is 0 Å². The van der Waals surface area contributed by atoms with Crippen LogP contribution in [-0.4, -0.2) is 59.9 Å². The maximum absolute atomic E-state index is 12.5. The first-order valence-corrected chi connectivity index (χ1v) is 8.22. The van der Waals surface area contributed by atoms with E-state index >= 15 is 0 Å². The summed E-state index contributed by atoms with van der Waals surface area (Å²) in [5, 5.41) is 0. The summed E-state index contributed by atoms with van der Waals surface area (Å²) in [5.74, 6) is 0.615. The van der Waals surface area contributed by atoms with Crippen LogP contribution in [-0.2, 0) is 4.79 Å². The number of piperazine rings is 1. The van der Waals surface area contributed by atoms with Crippen LogP contribution in [0.25, 0.3) is 0 Å². The second-order valence-electron chi connectivity index (χ2n) is 5.95. The molecule has 0 N–H and O–H groups in total. The van der Waals surface area contributed by atoms with Crippen molar-refractivity contribution in [3.63, 3.8) is 0 Å². The number of carbonyl (C=O) groups excluding carboxylic acids is 2. The zero-order valence-corrected chi connectivity index (χ0v) is 14.4. The molecule has 1 aliphatic rings. The number of hydrogen-bond donors (Lipinski definition) is 0. The van der Waals surface area contributed by atoms with Gasteiger partial charge in [0.15, 0.2) is 0 Å². The van der Waals surface area contributed by atoms with E-state index < -0.39 is 0 Å². The fourth-order valence-corrected chi connectivity index (χ4v) is 2.79. The number of aromatic nitrogens is 2. The molecule has 0 atom stereocenters. The molecule has 0 aliphatic carbocycles. The Morgan fingerprint density at radius 3 is 2.24 bits per heavy atom. The van der Waals surface area contributed by atoms with Gasteiger partial charge in [-0.1, -0.05) is 18.2 Å². The third-order valence-corrected chi connectivity index (χ3v) is 4.35.